The first-order valence-electron chi connectivity index (χ1n) is 9.59. The Balaban J connectivity index is 1.36. The number of amides is 1. The van der Waals surface area contributed by atoms with Gasteiger partial charge in [-0.2, -0.15) is 0 Å². The van der Waals surface area contributed by atoms with Gasteiger partial charge in [0.25, 0.3) is 0 Å². The van der Waals surface area contributed by atoms with Gasteiger partial charge in [0.2, 0.25) is 5.91 Å². The molecule has 132 valence electrons. The standard InChI is InChI=1S/C19H24N4O2/c24-19(14-12-13(14)16-7-5-11-25-16)22-10-4-6-15(22)18-21-20-17-8-2-1-3-9-23(17)18/h5,7,11,13-15H,1-4,6,8-10,12H2/t13-,14-,15-/m1/s1. The van der Waals surface area contributed by atoms with E-state index in [-0.39, 0.29) is 23.8 Å². The van der Waals surface area contributed by atoms with Gasteiger partial charge in [-0.3, -0.25) is 4.79 Å². The van der Waals surface area contributed by atoms with Gasteiger partial charge in [-0.1, -0.05) is 6.42 Å². The van der Waals surface area contributed by atoms with Crippen molar-refractivity contribution in [1.82, 2.24) is 19.7 Å². The molecule has 3 atom stereocenters. The van der Waals surface area contributed by atoms with E-state index in [1.807, 2.05) is 12.1 Å². The molecule has 2 aliphatic heterocycles. The lowest BCUT2D eigenvalue weighted by Crippen LogP contribution is -2.33. The highest BCUT2D eigenvalue weighted by Gasteiger charge is 2.49. The molecular weight excluding hydrogens is 316 g/mol. The Morgan fingerprint density at radius 1 is 1.16 bits per heavy atom. The number of furan rings is 1. The molecule has 6 heteroatoms. The number of aryl methyl sites for hydroxylation is 1. The summed E-state index contributed by atoms with van der Waals surface area (Å²) in [5, 5.41) is 8.93. The van der Waals surface area contributed by atoms with Crippen LogP contribution in [0.1, 0.15) is 67.9 Å². The summed E-state index contributed by atoms with van der Waals surface area (Å²) in [7, 11) is 0. The predicted molar refractivity (Wildman–Crippen MR) is 90.8 cm³/mol. The first-order valence-corrected chi connectivity index (χ1v) is 9.59. The maximum atomic E-state index is 13.1. The van der Waals surface area contributed by atoms with Crippen LogP contribution in [0.3, 0.4) is 0 Å². The Morgan fingerprint density at radius 2 is 2.12 bits per heavy atom. The van der Waals surface area contributed by atoms with E-state index < -0.39 is 0 Å². The lowest BCUT2D eigenvalue weighted by molar-refractivity contribution is -0.133. The molecule has 3 aliphatic rings. The Bertz CT molecular complexity index is 766. The number of hydrogen-bond donors (Lipinski definition) is 0. The third-order valence-corrected chi connectivity index (χ3v) is 5.99. The average molecular weight is 340 g/mol. The van der Waals surface area contributed by atoms with E-state index in [4.69, 9.17) is 4.42 Å². The molecule has 4 heterocycles. The quantitative estimate of drug-likeness (QED) is 0.861. The van der Waals surface area contributed by atoms with Crippen molar-refractivity contribution in [2.75, 3.05) is 6.54 Å². The fourth-order valence-corrected chi connectivity index (χ4v) is 4.55. The fourth-order valence-electron chi connectivity index (χ4n) is 4.55. The van der Waals surface area contributed by atoms with Crippen molar-refractivity contribution in [2.24, 2.45) is 5.92 Å². The lowest BCUT2D eigenvalue weighted by Gasteiger charge is -2.25. The zero-order valence-electron chi connectivity index (χ0n) is 14.4. The summed E-state index contributed by atoms with van der Waals surface area (Å²) < 4.78 is 7.78. The van der Waals surface area contributed by atoms with Gasteiger partial charge in [0.1, 0.15) is 11.6 Å². The Labute approximate surface area is 147 Å². The number of fused-ring (bicyclic) bond motifs is 1. The van der Waals surface area contributed by atoms with Crippen molar-refractivity contribution in [3.05, 3.63) is 35.8 Å². The van der Waals surface area contributed by atoms with Crippen molar-refractivity contribution in [3.8, 4) is 0 Å². The largest absolute Gasteiger partial charge is 0.469 e. The number of carbonyl (C=O) groups is 1. The summed E-state index contributed by atoms with van der Waals surface area (Å²) in [4.78, 5) is 15.1. The van der Waals surface area contributed by atoms with Gasteiger partial charge in [-0.15, -0.1) is 10.2 Å². The third kappa shape index (κ3) is 2.58. The topological polar surface area (TPSA) is 64.2 Å². The summed E-state index contributed by atoms with van der Waals surface area (Å²) in [6, 6.07) is 3.99. The average Bonchev–Trinajstić information content (AvgIpc) is 2.98. The number of hydrogen-bond acceptors (Lipinski definition) is 4. The van der Waals surface area contributed by atoms with E-state index in [2.05, 4.69) is 19.7 Å². The molecule has 1 aliphatic carbocycles. The molecule has 1 saturated heterocycles. The molecule has 0 N–H and O–H groups in total. The van der Waals surface area contributed by atoms with Crippen LogP contribution in [0, 0.1) is 5.92 Å². The molecule has 1 amide bonds. The fraction of sp³-hybridized carbons (Fsp3) is 0.632. The van der Waals surface area contributed by atoms with Crippen LogP contribution in [-0.2, 0) is 17.8 Å². The summed E-state index contributed by atoms with van der Waals surface area (Å²) in [5.74, 6) is 3.68. The number of aromatic nitrogens is 3. The Hall–Kier alpha value is -2.11. The SMILES string of the molecule is O=C([C@@H]1C[C@H]1c1ccco1)N1CCC[C@@H]1c1nnc2n1CCCCC2. The van der Waals surface area contributed by atoms with E-state index in [9.17, 15) is 4.79 Å². The van der Waals surface area contributed by atoms with Crippen molar-refractivity contribution >= 4 is 5.91 Å². The first kappa shape index (κ1) is 15.2. The number of likely N-dealkylation sites (tertiary alicyclic amines) is 1. The normalized spacial score (nSPS) is 28.6. The molecule has 0 spiro atoms. The molecule has 0 aromatic carbocycles. The van der Waals surface area contributed by atoms with Gasteiger partial charge in [-0.05, 0) is 44.2 Å². The van der Waals surface area contributed by atoms with E-state index in [0.717, 1.165) is 56.2 Å². The molecule has 2 fully saturated rings. The van der Waals surface area contributed by atoms with Gasteiger partial charge in [0.15, 0.2) is 5.82 Å². The minimum Gasteiger partial charge on any atom is -0.469 e. The van der Waals surface area contributed by atoms with Gasteiger partial charge in [0.05, 0.1) is 12.3 Å². The van der Waals surface area contributed by atoms with Crippen LogP contribution in [0.2, 0.25) is 0 Å². The van der Waals surface area contributed by atoms with Crippen molar-refractivity contribution in [2.45, 2.75) is 63.5 Å². The molecule has 2 aromatic heterocycles. The predicted octanol–water partition coefficient (Wildman–Crippen LogP) is 3.06. The maximum absolute atomic E-state index is 13.1. The monoisotopic (exact) mass is 340 g/mol. The molecule has 5 rings (SSSR count). The van der Waals surface area contributed by atoms with Crippen LogP contribution >= 0.6 is 0 Å². The molecule has 25 heavy (non-hydrogen) atoms. The van der Waals surface area contributed by atoms with E-state index in [0.29, 0.717) is 0 Å². The number of rotatable bonds is 3. The van der Waals surface area contributed by atoms with E-state index >= 15 is 0 Å². The summed E-state index contributed by atoms with van der Waals surface area (Å²) in [5.41, 5.74) is 0. The Morgan fingerprint density at radius 3 is 3.00 bits per heavy atom. The second-order valence-electron chi connectivity index (χ2n) is 7.59. The van der Waals surface area contributed by atoms with Crippen LogP contribution < -0.4 is 0 Å². The van der Waals surface area contributed by atoms with Gasteiger partial charge in [-0.25, -0.2) is 0 Å². The summed E-state index contributed by atoms with van der Waals surface area (Å²) in [6.45, 7) is 1.84. The highest BCUT2D eigenvalue weighted by molar-refractivity contribution is 5.83. The van der Waals surface area contributed by atoms with Gasteiger partial charge < -0.3 is 13.9 Å². The number of nitrogens with zero attached hydrogens (tertiary/aromatic N) is 4. The third-order valence-electron chi connectivity index (χ3n) is 5.99. The zero-order valence-corrected chi connectivity index (χ0v) is 14.4. The van der Waals surface area contributed by atoms with Gasteiger partial charge in [0, 0.05) is 31.3 Å². The van der Waals surface area contributed by atoms with Crippen molar-refractivity contribution in [3.63, 3.8) is 0 Å². The number of carbonyl (C=O) groups excluding carboxylic acids is 1. The Kier molecular flexibility index (Phi) is 3.64. The summed E-state index contributed by atoms with van der Waals surface area (Å²) >= 11 is 0. The lowest BCUT2D eigenvalue weighted by atomic mass is 10.1. The van der Waals surface area contributed by atoms with Crippen molar-refractivity contribution < 1.29 is 9.21 Å². The second kappa shape index (κ2) is 6.00. The highest BCUT2D eigenvalue weighted by Crippen LogP contribution is 2.50. The molecule has 6 nitrogen and oxygen atoms in total. The van der Waals surface area contributed by atoms with Gasteiger partial charge >= 0.3 is 0 Å². The maximum Gasteiger partial charge on any atom is 0.227 e. The summed E-state index contributed by atoms with van der Waals surface area (Å²) in [6.07, 6.45) is 9.30. The molecule has 0 unspecified atom stereocenters. The highest BCUT2D eigenvalue weighted by atomic mass is 16.3. The minimum absolute atomic E-state index is 0.0817. The molecule has 0 bridgehead atoms. The van der Waals surface area contributed by atoms with E-state index in [1.165, 1.54) is 19.3 Å². The molecule has 2 aromatic rings. The van der Waals surface area contributed by atoms with Crippen LogP contribution in [0.25, 0.3) is 0 Å². The zero-order chi connectivity index (χ0) is 16.8. The molecule has 1 saturated carbocycles. The van der Waals surface area contributed by atoms with Crippen LogP contribution in [0.4, 0.5) is 0 Å². The van der Waals surface area contributed by atoms with Crippen LogP contribution in [-0.4, -0.2) is 32.1 Å². The first-order chi connectivity index (χ1) is 12.3. The second-order valence-corrected chi connectivity index (χ2v) is 7.59. The minimum atomic E-state index is 0.0817. The van der Waals surface area contributed by atoms with Crippen LogP contribution in [0.5, 0.6) is 0 Å². The van der Waals surface area contributed by atoms with Crippen LogP contribution in [0.15, 0.2) is 22.8 Å². The smallest absolute Gasteiger partial charge is 0.227 e. The molecule has 0 radical (unpaired) electrons. The van der Waals surface area contributed by atoms with E-state index in [1.54, 1.807) is 6.26 Å². The molecular formula is C19H24N4O2. The van der Waals surface area contributed by atoms with Crippen molar-refractivity contribution in [1.29, 1.82) is 0 Å².